The SMILES string of the molecule is CCNC(=NCCCc1nn(-c2ccc(F)cc2)c(N)c1C#N)NC(C)(C)C.I. The van der Waals surface area contributed by atoms with Crippen LogP contribution in [0.4, 0.5) is 10.2 Å². The molecule has 29 heavy (non-hydrogen) atoms. The Hall–Kier alpha value is -2.35. The second-order valence-electron chi connectivity index (χ2n) is 7.45. The smallest absolute Gasteiger partial charge is 0.191 e. The molecular formula is C20H29FIN7. The summed E-state index contributed by atoms with van der Waals surface area (Å²) in [5.41, 5.74) is 7.58. The topological polar surface area (TPSA) is 104 Å². The number of nitrogens with zero attached hydrogens (tertiary/aromatic N) is 4. The summed E-state index contributed by atoms with van der Waals surface area (Å²) in [6, 6.07) is 7.95. The lowest BCUT2D eigenvalue weighted by molar-refractivity contribution is 0.501. The third-order valence-corrected chi connectivity index (χ3v) is 3.86. The molecule has 4 N–H and O–H groups in total. The molecule has 0 fully saturated rings. The summed E-state index contributed by atoms with van der Waals surface area (Å²) >= 11 is 0. The van der Waals surface area contributed by atoms with Gasteiger partial charge in [0.25, 0.3) is 0 Å². The van der Waals surface area contributed by atoms with Crippen LogP contribution in [0.25, 0.3) is 5.69 Å². The molecule has 7 nitrogen and oxygen atoms in total. The van der Waals surface area contributed by atoms with Gasteiger partial charge in [-0.25, -0.2) is 9.07 Å². The van der Waals surface area contributed by atoms with Crippen molar-refractivity contribution in [2.45, 2.75) is 46.1 Å². The summed E-state index contributed by atoms with van der Waals surface area (Å²) in [7, 11) is 0. The third kappa shape index (κ3) is 7.20. The molecule has 0 amide bonds. The van der Waals surface area contributed by atoms with E-state index in [0.29, 0.717) is 29.9 Å². The molecule has 0 aliphatic heterocycles. The van der Waals surface area contributed by atoms with E-state index >= 15 is 0 Å². The summed E-state index contributed by atoms with van der Waals surface area (Å²) in [4.78, 5) is 4.57. The fourth-order valence-corrected chi connectivity index (χ4v) is 2.65. The van der Waals surface area contributed by atoms with E-state index in [1.807, 2.05) is 6.92 Å². The van der Waals surface area contributed by atoms with Gasteiger partial charge in [0.1, 0.15) is 23.3 Å². The quantitative estimate of drug-likeness (QED) is 0.238. The van der Waals surface area contributed by atoms with E-state index in [9.17, 15) is 9.65 Å². The first-order valence-electron chi connectivity index (χ1n) is 9.35. The van der Waals surface area contributed by atoms with E-state index in [-0.39, 0.29) is 41.2 Å². The summed E-state index contributed by atoms with van der Waals surface area (Å²) in [5, 5.41) is 20.5. The van der Waals surface area contributed by atoms with Crippen LogP contribution in [0.1, 0.15) is 45.4 Å². The Morgan fingerprint density at radius 2 is 1.97 bits per heavy atom. The fraction of sp³-hybridized carbons (Fsp3) is 0.450. The molecule has 2 aromatic rings. The van der Waals surface area contributed by atoms with Gasteiger partial charge in [0.15, 0.2) is 5.96 Å². The molecule has 0 unspecified atom stereocenters. The molecule has 2 rings (SSSR count). The molecule has 0 saturated carbocycles. The molecule has 1 heterocycles. The second kappa shape index (κ2) is 11.0. The lowest BCUT2D eigenvalue weighted by atomic mass is 10.1. The molecule has 158 valence electrons. The van der Waals surface area contributed by atoms with Gasteiger partial charge in [-0.15, -0.1) is 24.0 Å². The zero-order valence-electron chi connectivity index (χ0n) is 17.3. The van der Waals surface area contributed by atoms with Crippen LogP contribution >= 0.6 is 24.0 Å². The molecule has 0 aliphatic carbocycles. The number of rotatable bonds is 6. The van der Waals surface area contributed by atoms with Gasteiger partial charge in [0.2, 0.25) is 0 Å². The average Bonchev–Trinajstić information content (AvgIpc) is 2.94. The van der Waals surface area contributed by atoms with Crippen LogP contribution in [-0.4, -0.2) is 34.4 Å². The van der Waals surface area contributed by atoms with Gasteiger partial charge < -0.3 is 16.4 Å². The number of nitriles is 1. The molecule has 0 radical (unpaired) electrons. The number of benzene rings is 1. The number of aromatic nitrogens is 2. The van der Waals surface area contributed by atoms with Crippen molar-refractivity contribution in [2.24, 2.45) is 4.99 Å². The normalized spacial score (nSPS) is 11.5. The van der Waals surface area contributed by atoms with Crippen molar-refractivity contribution < 1.29 is 4.39 Å². The first kappa shape index (κ1) is 24.7. The van der Waals surface area contributed by atoms with Gasteiger partial charge in [-0.1, -0.05) is 0 Å². The maximum absolute atomic E-state index is 13.1. The molecule has 9 heteroatoms. The Labute approximate surface area is 188 Å². The van der Waals surface area contributed by atoms with Crippen LogP contribution in [-0.2, 0) is 6.42 Å². The Bertz CT molecular complexity index is 861. The second-order valence-corrected chi connectivity index (χ2v) is 7.45. The highest BCUT2D eigenvalue weighted by Gasteiger charge is 2.16. The van der Waals surface area contributed by atoms with E-state index < -0.39 is 0 Å². The summed E-state index contributed by atoms with van der Waals surface area (Å²) < 4.78 is 14.6. The van der Waals surface area contributed by atoms with Crippen LogP contribution in [0.2, 0.25) is 0 Å². The van der Waals surface area contributed by atoms with Gasteiger partial charge in [0, 0.05) is 18.6 Å². The molecule has 1 aromatic carbocycles. The number of anilines is 1. The van der Waals surface area contributed by atoms with Crippen LogP contribution in [0.15, 0.2) is 29.3 Å². The number of nitrogen functional groups attached to an aromatic ring is 1. The number of aliphatic imine (C=N–C) groups is 1. The summed E-state index contributed by atoms with van der Waals surface area (Å²) in [5.74, 6) is 0.677. The fourth-order valence-electron chi connectivity index (χ4n) is 2.65. The Kier molecular flexibility index (Phi) is 9.36. The van der Waals surface area contributed by atoms with Crippen molar-refractivity contribution in [1.82, 2.24) is 20.4 Å². The van der Waals surface area contributed by atoms with Crippen LogP contribution in [0.3, 0.4) is 0 Å². The minimum absolute atomic E-state index is 0. The predicted molar refractivity (Wildman–Crippen MR) is 125 cm³/mol. The number of guanidine groups is 1. The minimum Gasteiger partial charge on any atom is -0.382 e. The van der Waals surface area contributed by atoms with Crippen LogP contribution in [0, 0.1) is 17.1 Å². The van der Waals surface area contributed by atoms with E-state index in [0.717, 1.165) is 18.9 Å². The van der Waals surface area contributed by atoms with Crippen molar-refractivity contribution in [3.63, 3.8) is 0 Å². The van der Waals surface area contributed by atoms with E-state index in [4.69, 9.17) is 5.73 Å². The average molecular weight is 513 g/mol. The molecule has 0 atom stereocenters. The zero-order chi connectivity index (χ0) is 20.7. The summed E-state index contributed by atoms with van der Waals surface area (Å²) in [6.45, 7) is 9.60. The number of hydrogen-bond acceptors (Lipinski definition) is 4. The monoisotopic (exact) mass is 513 g/mol. The lowest BCUT2D eigenvalue weighted by Crippen LogP contribution is -2.47. The predicted octanol–water partition coefficient (Wildman–Crippen LogP) is 3.37. The number of aryl methyl sites for hydroxylation is 1. The van der Waals surface area contributed by atoms with Gasteiger partial charge in [-0.2, -0.15) is 10.4 Å². The maximum atomic E-state index is 13.1. The number of nitrogens with one attached hydrogen (secondary N) is 2. The molecule has 0 aliphatic rings. The number of hydrogen-bond donors (Lipinski definition) is 3. The Balaban J connectivity index is 0.00000420. The number of halogens is 2. The minimum atomic E-state index is -0.339. The first-order chi connectivity index (χ1) is 13.2. The van der Waals surface area contributed by atoms with Gasteiger partial charge in [-0.3, -0.25) is 4.99 Å². The standard InChI is InChI=1S/C20H28FN7.HI/c1-5-24-19(26-20(2,3)4)25-12-6-7-17-16(13-22)18(23)28(27-17)15-10-8-14(21)9-11-15;/h8-11H,5-7,12,23H2,1-4H3,(H2,24,25,26);1H. The van der Waals surface area contributed by atoms with Gasteiger partial charge in [0.05, 0.1) is 11.4 Å². The molecule has 0 bridgehead atoms. The van der Waals surface area contributed by atoms with Crippen molar-refractivity contribution in [3.8, 4) is 11.8 Å². The first-order valence-corrected chi connectivity index (χ1v) is 9.35. The highest BCUT2D eigenvalue weighted by Crippen LogP contribution is 2.21. The molecule has 1 aromatic heterocycles. The Morgan fingerprint density at radius 1 is 1.31 bits per heavy atom. The van der Waals surface area contributed by atoms with Crippen LogP contribution < -0.4 is 16.4 Å². The third-order valence-electron chi connectivity index (χ3n) is 3.86. The van der Waals surface area contributed by atoms with Crippen molar-refractivity contribution in [1.29, 1.82) is 5.26 Å². The van der Waals surface area contributed by atoms with E-state index in [2.05, 4.69) is 47.6 Å². The number of nitrogens with two attached hydrogens (primary N) is 1. The van der Waals surface area contributed by atoms with Crippen molar-refractivity contribution in [3.05, 3.63) is 41.3 Å². The van der Waals surface area contributed by atoms with E-state index in [1.54, 1.807) is 12.1 Å². The van der Waals surface area contributed by atoms with Crippen molar-refractivity contribution >= 4 is 35.8 Å². The van der Waals surface area contributed by atoms with E-state index in [1.165, 1.54) is 16.8 Å². The highest BCUT2D eigenvalue weighted by molar-refractivity contribution is 14.0. The van der Waals surface area contributed by atoms with Crippen molar-refractivity contribution in [2.75, 3.05) is 18.8 Å². The molecule has 0 saturated heterocycles. The van der Waals surface area contributed by atoms with Crippen LogP contribution in [0.5, 0.6) is 0 Å². The lowest BCUT2D eigenvalue weighted by Gasteiger charge is -2.23. The molecular weight excluding hydrogens is 484 g/mol. The Morgan fingerprint density at radius 3 is 2.52 bits per heavy atom. The largest absolute Gasteiger partial charge is 0.382 e. The highest BCUT2D eigenvalue weighted by atomic mass is 127. The molecule has 0 spiro atoms. The summed E-state index contributed by atoms with van der Waals surface area (Å²) in [6.07, 6.45) is 1.29. The maximum Gasteiger partial charge on any atom is 0.191 e. The van der Waals surface area contributed by atoms with Gasteiger partial charge >= 0.3 is 0 Å². The zero-order valence-corrected chi connectivity index (χ0v) is 19.6. The van der Waals surface area contributed by atoms with Gasteiger partial charge in [-0.05, 0) is 64.8 Å².